The second-order valence-electron chi connectivity index (χ2n) is 11.1. The van der Waals surface area contributed by atoms with Gasteiger partial charge >= 0.3 is 0 Å². The normalized spacial score (nSPS) is 16.6. The Morgan fingerprint density at radius 2 is 1.74 bits per heavy atom. The summed E-state index contributed by atoms with van der Waals surface area (Å²) >= 11 is 0. The molecule has 0 spiro atoms. The molecule has 0 radical (unpaired) electrons. The van der Waals surface area contributed by atoms with Crippen LogP contribution in [0.4, 0.5) is 0 Å². The van der Waals surface area contributed by atoms with Gasteiger partial charge in [-0.3, -0.25) is 4.79 Å². The molecule has 0 aliphatic heterocycles. The maximum Gasteiger partial charge on any atom is 0.168 e. The number of aliphatic hydroxyl groups is 2. The number of unbranched alkanes of at least 4 members (excludes halogenated alkanes) is 3. The number of carbonyl (C=O) groups is 1. The Bertz CT molecular complexity index is 928. The standard InChI is InChI=1S/C31H44O4/c1-4-5-6-11-18-30(2,3)25-16-17-26(28(21-25)35-23-24-14-9-7-10-15-24)29(33)27(32)22-31(34)19-12-8-13-20-31/h7,9-10,14-17,21,29,33-34H,4-6,8,11-13,18-20,22-23H2,1-3H3. The van der Waals surface area contributed by atoms with E-state index >= 15 is 0 Å². The van der Waals surface area contributed by atoms with Gasteiger partial charge in [0.1, 0.15) is 18.5 Å². The molecule has 0 aromatic heterocycles. The molecular weight excluding hydrogens is 436 g/mol. The van der Waals surface area contributed by atoms with E-state index in [9.17, 15) is 15.0 Å². The first-order valence-corrected chi connectivity index (χ1v) is 13.5. The van der Waals surface area contributed by atoms with E-state index in [-0.39, 0.29) is 17.6 Å². The minimum absolute atomic E-state index is 0.0169. The molecule has 4 nitrogen and oxygen atoms in total. The van der Waals surface area contributed by atoms with E-state index in [2.05, 4.69) is 20.8 Å². The summed E-state index contributed by atoms with van der Waals surface area (Å²) in [7, 11) is 0. The summed E-state index contributed by atoms with van der Waals surface area (Å²) in [4.78, 5) is 13.1. The smallest absolute Gasteiger partial charge is 0.168 e. The lowest BCUT2D eigenvalue weighted by molar-refractivity contribution is -0.134. The molecule has 0 saturated heterocycles. The minimum atomic E-state index is -1.31. The molecule has 0 amide bonds. The van der Waals surface area contributed by atoms with E-state index < -0.39 is 11.7 Å². The average Bonchev–Trinajstić information content (AvgIpc) is 2.85. The average molecular weight is 481 g/mol. The van der Waals surface area contributed by atoms with Crippen molar-refractivity contribution in [2.75, 3.05) is 0 Å². The highest BCUT2D eigenvalue weighted by Gasteiger charge is 2.35. The molecule has 1 aliphatic rings. The molecule has 2 aromatic rings. The number of hydrogen-bond donors (Lipinski definition) is 2. The summed E-state index contributed by atoms with van der Waals surface area (Å²) in [5.41, 5.74) is 1.62. The third-order valence-corrected chi connectivity index (χ3v) is 7.57. The van der Waals surface area contributed by atoms with Gasteiger partial charge in [-0.25, -0.2) is 0 Å². The second kappa shape index (κ2) is 12.7. The van der Waals surface area contributed by atoms with Crippen LogP contribution in [-0.2, 0) is 16.8 Å². The number of benzene rings is 2. The van der Waals surface area contributed by atoms with Crippen molar-refractivity contribution in [1.29, 1.82) is 0 Å². The number of ether oxygens (including phenoxy) is 1. The van der Waals surface area contributed by atoms with Gasteiger partial charge in [-0.05, 0) is 41.9 Å². The van der Waals surface area contributed by atoms with Gasteiger partial charge in [0.15, 0.2) is 5.78 Å². The highest BCUT2D eigenvalue weighted by Crippen LogP contribution is 2.38. The maximum absolute atomic E-state index is 13.1. The fraction of sp³-hybridized carbons (Fsp3) is 0.581. The van der Waals surface area contributed by atoms with Crippen molar-refractivity contribution in [3.63, 3.8) is 0 Å². The largest absolute Gasteiger partial charge is 0.488 e. The van der Waals surface area contributed by atoms with E-state index in [1.807, 2.05) is 48.5 Å². The van der Waals surface area contributed by atoms with Crippen LogP contribution < -0.4 is 4.74 Å². The Morgan fingerprint density at radius 3 is 2.43 bits per heavy atom. The predicted molar refractivity (Wildman–Crippen MR) is 142 cm³/mol. The van der Waals surface area contributed by atoms with Crippen LogP contribution >= 0.6 is 0 Å². The van der Waals surface area contributed by atoms with Gasteiger partial charge in [-0.1, -0.05) is 108 Å². The van der Waals surface area contributed by atoms with Crippen LogP contribution in [-0.4, -0.2) is 21.6 Å². The van der Waals surface area contributed by atoms with Crippen LogP contribution in [0.15, 0.2) is 48.5 Å². The van der Waals surface area contributed by atoms with Crippen LogP contribution in [0.3, 0.4) is 0 Å². The van der Waals surface area contributed by atoms with Crippen LogP contribution in [0.5, 0.6) is 5.75 Å². The molecule has 1 fully saturated rings. The van der Waals surface area contributed by atoms with Crippen molar-refractivity contribution in [1.82, 2.24) is 0 Å². The Hall–Kier alpha value is -2.17. The molecule has 192 valence electrons. The van der Waals surface area contributed by atoms with Gasteiger partial charge in [-0.15, -0.1) is 0 Å². The van der Waals surface area contributed by atoms with Gasteiger partial charge in [0.25, 0.3) is 0 Å². The van der Waals surface area contributed by atoms with E-state index in [4.69, 9.17) is 4.74 Å². The molecular formula is C31H44O4. The van der Waals surface area contributed by atoms with Gasteiger partial charge in [0.05, 0.1) is 5.60 Å². The Morgan fingerprint density at radius 1 is 1.03 bits per heavy atom. The Kier molecular flexibility index (Phi) is 9.94. The van der Waals surface area contributed by atoms with Crippen LogP contribution in [0.1, 0.15) is 114 Å². The fourth-order valence-electron chi connectivity index (χ4n) is 5.16. The lowest BCUT2D eigenvalue weighted by Crippen LogP contribution is -2.35. The first-order valence-electron chi connectivity index (χ1n) is 13.5. The monoisotopic (exact) mass is 480 g/mol. The van der Waals surface area contributed by atoms with E-state index in [1.54, 1.807) is 0 Å². The molecule has 3 rings (SSSR count). The van der Waals surface area contributed by atoms with Crippen LogP contribution in [0, 0.1) is 0 Å². The molecule has 0 bridgehead atoms. The first-order chi connectivity index (χ1) is 16.7. The number of hydrogen-bond acceptors (Lipinski definition) is 4. The van der Waals surface area contributed by atoms with Gasteiger partial charge in [-0.2, -0.15) is 0 Å². The topological polar surface area (TPSA) is 66.8 Å². The molecule has 4 heteroatoms. The summed E-state index contributed by atoms with van der Waals surface area (Å²) in [5, 5.41) is 21.9. The zero-order chi connectivity index (χ0) is 25.3. The summed E-state index contributed by atoms with van der Waals surface area (Å²) in [5.74, 6) is 0.204. The van der Waals surface area contributed by atoms with Crippen molar-refractivity contribution < 1.29 is 19.7 Å². The molecule has 0 heterocycles. The molecule has 2 aromatic carbocycles. The third-order valence-electron chi connectivity index (χ3n) is 7.57. The molecule has 1 saturated carbocycles. The molecule has 1 aliphatic carbocycles. The van der Waals surface area contributed by atoms with Gasteiger partial charge < -0.3 is 14.9 Å². The first kappa shape index (κ1) is 27.4. The van der Waals surface area contributed by atoms with Crippen LogP contribution in [0.25, 0.3) is 0 Å². The molecule has 2 N–H and O–H groups in total. The highest BCUT2D eigenvalue weighted by molar-refractivity contribution is 5.85. The Balaban J connectivity index is 1.82. The van der Waals surface area contributed by atoms with Crippen molar-refractivity contribution in [2.24, 2.45) is 0 Å². The summed E-state index contributed by atoms with van der Waals surface area (Å²) in [6.45, 7) is 7.07. The lowest BCUT2D eigenvalue weighted by atomic mass is 9.78. The summed E-state index contributed by atoms with van der Waals surface area (Å²) < 4.78 is 6.21. The quantitative estimate of drug-likeness (QED) is 0.297. The van der Waals surface area contributed by atoms with Crippen molar-refractivity contribution in [3.8, 4) is 5.75 Å². The van der Waals surface area contributed by atoms with E-state index in [0.717, 1.165) is 36.8 Å². The third kappa shape index (κ3) is 7.91. The number of aliphatic hydroxyl groups excluding tert-OH is 1. The zero-order valence-electron chi connectivity index (χ0n) is 21.9. The van der Waals surface area contributed by atoms with E-state index in [0.29, 0.717) is 30.8 Å². The summed E-state index contributed by atoms with van der Waals surface area (Å²) in [6, 6.07) is 15.8. The second-order valence-corrected chi connectivity index (χ2v) is 11.1. The Labute approximate surface area is 211 Å². The molecule has 35 heavy (non-hydrogen) atoms. The molecule has 1 unspecified atom stereocenters. The van der Waals surface area contributed by atoms with Gasteiger partial charge in [0, 0.05) is 12.0 Å². The number of Topliss-reactive ketones (excluding diaryl/α,β-unsaturated/α-hetero) is 1. The predicted octanol–water partition coefficient (Wildman–Crippen LogP) is 7.20. The highest BCUT2D eigenvalue weighted by atomic mass is 16.5. The van der Waals surface area contributed by atoms with Gasteiger partial charge in [0.2, 0.25) is 0 Å². The van der Waals surface area contributed by atoms with E-state index in [1.165, 1.54) is 25.7 Å². The lowest BCUT2D eigenvalue weighted by Gasteiger charge is -2.32. The molecule has 1 atom stereocenters. The minimum Gasteiger partial charge on any atom is -0.488 e. The summed E-state index contributed by atoms with van der Waals surface area (Å²) in [6.07, 6.45) is 8.78. The zero-order valence-corrected chi connectivity index (χ0v) is 21.9. The fourth-order valence-corrected chi connectivity index (χ4v) is 5.16. The SMILES string of the molecule is CCCCCCC(C)(C)c1ccc(C(O)C(=O)CC2(O)CCCCC2)c(OCc2ccccc2)c1. The van der Waals surface area contributed by atoms with Crippen LogP contribution in [0.2, 0.25) is 0 Å². The number of rotatable bonds is 13. The number of ketones is 1. The van der Waals surface area contributed by atoms with Crippen molar-refractivity contribution in [3.05, 3.63) is 65.2 Å². The maximum atomic E-state index is 13.1. The van der Waals surface area contributed by atoms with Crippen molar-refractivity contribution >= 4 is 5.78 Å². The van der Waals surface area contributed by atoms with Crippen molar-refractivity contribution in [2.45, 2.75) is 115 Å². The number of carbonyl (C=O) groups excluding carboxylic acids is 1.